The number of benzene rings is 2. The lowest BCUT2D eigenvalue weighted by molar-refractivity contribution is -0.141. The number of urea groups is 1. The number of anilines is 1. The highest BCUT2D eigenvalue weighted by Gasteiger charge is 2.16. The largest absolute Gasteiger partial charge is 0.460 e. The molecule has 0 radical (unpaired) electrons. The topological polar surface area (TPSA) is 108 Å². The van der Waals surface area contributed by atoms with E-state index in [1.54, 1.807) is 61.7 Å². The molecule has 0 aliphatic heterocycles. The van der Waals surface area contributed by atoms with Gasteiger partial charge in [-0.15, -0.1) is 0 Å². The van der Waals surface area contributed by atoms with E-state index < -0.39 is 6.03 Å². The van der Waals surface area contributed by atoms with Gasteiger partial charge in [0.25, 0.3) is 0 Å². The number of carbonyl (C=O) groups is 3. The molecule has 2 aromatic rings. The zero-order chi connectivity index (χ0) is 30.1. The Kier molecular flexibility index (Phi) is 15.3. The first kappa shape index (κ1) is 34.3. The molecule has 7 nitrogen and oxygen atoms in total. The molecular weight excluding hydrogens is 504 g/mol. The lowest BCUT2D eigenvalue weighted by atomic mass is 9.95. The molecule has 218 valence electrons. The summed E-state index contributed by atoms with van der Waals surface area (Å²) in [7, 11) is 1.77. The Labute approximate surface area is 239 Å². The summed E-state index contributed by atoms with van der Waals surface area (Å²) in [5.41, 5.74) is 7.38. The van der Waals surface area contributed by atoms with Gasteiger partial charge in [0.2, 0.25) is 0 Å². The number of ketones is 1. The van der Waals surface area contributed by atoms with Crippen LogP contribution < -0.4 is 11.1 Å². The fraction of sp³-hybridized carbons (Fsp3) is 0.424. The summed E-state index contributed by atoms with van der Waals surface area (Å²) >= 11 is 0. The number of amides is 2. The van der Waals surface area contributed by atoms with Crippen LogP contribution >= 0.6 is 0 Å². The summed E-state index contributed by atoms with van der Waals surface area (Å²) in [6.45, 7) is 12.1. The van der Waals surface area contributed by atoms with E-state index in [4.69, 9.17) is 15.2 Å². The molecule has 1 atom stereocenters. The first-order valence-electron chi connectivity index (χ1n) is 13.7. The molecule has 0 bridgehead atoms. The number of nitrogens with two attached hydrogens (primary N) is 1. The average molecular weight is 551 g/mol. The molecule has 0 aliphatic rings. The van der Waals surface area contributed by atoms with E-state index in [-0.39, 0.29) is 23.5 Å². The van der Waals surface area contributed by atoms with Crippen molar-refractivity contribution in [1.82, 2.24) is 0 Å². The first-order chi connectivity index (χ1) is 18.8. The summed E-state index contributed by atoms with van der Waals surface area (Å²) in [5.74, 6) is 0.214. The Hall–Kier alpha value is -3.71. The van der Waals surface area contributed by atoms with Crippen molar-refractivity contribution in [2.24, 2.45) is 11.7 Å². The van der Waals surface area contributed by atoms with Gasteiger partial charge in [-0.05, 0) is 71.1 Å². The molecule has 0 heterocycles. The second-order valence-electron chi connectivity index (χ2n) is 10.7. The maximum absolute atomic E-state index is 12.3. The monoisotopic (exact) mass is 550 g/mol. The highest BCUT2D eigenvalue weighted by molar-refractivity contribution is 6.13. The number of methoxy groups -OCH3 is 1. The predicted octanol–water partition coefficient (Wildman–Crippen LogP) is 7.47. The first-order valence-corrected chi connectivity index (χ1v) is 13.7. The van der Waals surface area contributed by atoms with Gasteiger partial charge < -0.3 is 20.5 Å². The highest BCUT2D eigenvalue weighted by atomic mass is 16.5. The fourth-order valence-corrected chi connectivity index (χ4v) is 3.75. The van der Waals surface area contributed by atoms with Gasteiger partial charge in [-0.1, -0.05) is 74.4 Å². The summed E-state index contributed by atoms with van der Waals surface area (Å²) < 4.78 is 10.5. The Balaban J connectivity index is 0.000000406. The molecule has 7 heteroatoms. The minimum atomic E-state index is -0.691. The van der Waals surface area contributed by atoms with E-state index in [0.29, 0.717) is 22.7 Å². The molecule has 2 rings (SSSR count). The van der Waals surface area contributed by atoms with Crippen molar-refractivity contribution < 1.29 is 23.9 Å². The van der Waals surface area contributed by atoms with E-state index >= 15 is 0 Å². The Morgan fingerprint density at radius 3 is 2.23 bits per heavy atom. The van der Waals surface area contributed by atoms with E-state index in [1.807, 2.05) is 32.9 Å². The van der Waals surface area contributed by atoms with Gasteiger partial charge in [-0.25, -0.2) is 9.59 Å². The Bertz CT molecular complexity index is 1140. The molecule has 0 spiro atoms. The normalized spacial score (nSPS) is 12.4. The van der Waals surface area contributed by atoms with Crippen molar-refractivity contribution in [3.8, 4) is 0 Å². The summed E-state index contributed by atoms with van der Waals surface area (Å²) in [6.07, 6.45) is 10.1. The molecular formula is C33H46N2O5. The smallest absolute Gasteiger partial charge is 0.331 e. The van der Waals surface area contributed by atoms with Gasteiger partial charge in [-0.2, -0.15) is 0 Å². The van der Waals surface area contributed by atoms with Gasteiger partial charge in [0.15, 0.2) is 5.78 Å². The average Bonchev–Trinajstić information content (AvgIpc) is 2.88. The zero-order valence-corrected chi connectivity index (χ0v) is 25.0. The van der Waals surface area contributed by atoms with Gasteiger partial charge in [0.05, 0.1) is 17.4 Å². The minimum absolute atomic E-state index is 0.0222. The molecule has 1 unspecified atom stereocenters. The van der Waals surface area contributed by atoms with Gasteiger partial charge >= 0.3 is 12.0 Å². The van der Waals surface area contributed by atoms with Crippen LogP contribution in [0.25, 0.3) is 0 Å². The number of primary amides is 1. The third-order valence-corrected chi connectivity index (χ3v) is 6.11. The van der Waals surface area contributed by atoms with Crippen LogP contribution in [0.15, 0.2) is 78.4 Å². The van der Waals surface area contributed by atoms with Crippen LogP contribution in [0.3, 0.4) is 0 Å². The number of rotatable bonds is 13. The van der Waals surface area contributed by atoms with Crippen LogP contribution in [0.1, 0.15) is 83.1 Å². The summed E-state index contributed by atoms with van der Waals surface area (Å²) in [5, 5.41) is 2.44. The predicted molar refractivity (Wildman–Crippen MR) is 162 cm³/mol. The molecule has 0 aromatic heterocycles. The second-order valence-corrected chi connectivity index (χ2v) is 10.7. The number of hydrogen-bond donors (Lipinski definition) is 2. The molecule has 0 saturated heterocycles. The number of allylic oxidation sites excluding steroid dienone is 3. The molecule has 2 amide bonds. The Morgan fingerprint density at radius 2 is 1.62 bits per heavy atom. The number of para-hydroxylation sites is 1. The lowest BCUT2D eigenvalue weighted by Crippen LogP contribution is -2.22. The van der Waals surface area contributed by atoms with Crippen LogP contribution in [-0.4, -0.2) is 36.6 Å². The number of ether oxygens (including phenoxy) is 2. The van der Waals surface area contributed by atoms with Crippen molar-refractivity contribution in [3.63, 3.8) is 0 Å². The molecule has 2 aromatic carbocycles. The molecule has 40 heavy (non-hydrogen) atoms. The maximum Gasteiger partial charge on any atom is 0.331 e. The van der Waals surface area contributed by atoms with Crippen LogP contribution in [0.5, 0.6) is 0 Å². The molecule has 3 N–H and O–H groups in total. The van der Waals surface area contributed by atoms with Gasteiger partial charge in [0, 0.05) is 24.3 Å². The number of hydrogen-bond acceptors (Lipinski definition) is 5. The van der Waals surface area contributed by atoms with E-state index in [9.17, 15) is 14.4 Å². The third kappa shape index (κ3) is 14.4. The summed E-state index contributed by atoms with van der Waals surface area (Å²) in [4.78, 5) is 34.6. The number of carbonyl (C=O) groups excluding carboxylic acids is 3. The summed E-state index contributed by atoms with van der Waals surface area (Å²) in [6, 6.07) is 14.9. The SMILES string of the molecule is COC(C)(C)CCCC(C)C/C=C/C(C)=C/C(=O)OC(C)C.NC(=O)Nc1ccccc1C(=O)c1ccccc1. The van der Waals surface area contributed by atoms with Crippen LogP contribution in [0.2, 0.25) is 0 Å². The van der Waals surface area contributed by atoms with Crippen molar-refractivity contribution >= 4 is 23.5 Å². The lowest BCUT2D eigenvalue weighted by Gasteiger charge is -2.23. The second kappa shape index (κ2) is 17.8. The fourth-order valence-electron chi connectivity index (χ4n) is 3.75. The maximum atomic E-state index is 12.3. The van der Waals surface area contributed by atoms with E-state index in [2.05, 4.69) is 32.2 Å². The zero-order valence-electron chi connectivity index (χ0n) is 25.0. The molecule has 0 fully saturated rings. The molecule has 0 aliphatic carbocycles. The van der Waals surface area contributed by atoms with E-state index in [0.717, 1.165) is 18.4 Å². The van der Waals surface area contributed by atoms with Crippen molar-refractivity contribution in [1.29, 1.82) is 0 Å². The number of nitrogens with one attached hydrogen (secondary N) is 1. The third-order valence-electron chi connectivity index (χ3n) is 6.11. The highest BCUT2D eigenvalue weighted by Crippen LogP contribution is 2.21. The van der Waals surface area contributed by atoms with Gasteiger partial charge in [-0.3, -0.25) is 4.79 Å². The van der Waals surface area contributed by atoms with Crippen molar-refractivity contribution in [2.45, 2.75) is 78.9 Å². The van der Waals surface area contributed by atoms with Crippen LogP contribution in [-0.2, 0) is 14.3 Å². The standard InChI is InChI=1S/C19H34O3.C14H12N2O2/c1-15(2)22-18(20)14-17(4)11-8-10-16(3)12-9-13-19(5,6)21-7;15-14(18)16-12-9-5-4-8-11(12)13(17)10-6-2-1-3-7-10/h8,11,14-16H,9-10,12-13H2,1-7H3;1-9H,(H3,15,16,18)/b11-8+,17-14+;. The molecule has 0 saturated carbocycles. The van der Waals surface area contributed by atoms with Crippen LogP contribution in [0, 0.1) is 5.92 Å². The van der Waals surface area contributed by atoms with Crippen molar-refractivity contribution in [3.05, 3.63) is 89.5 Å². The van der Waals surface area contributed by atoms with Gasteiger partial charge in [0.1, 0.15) is 0 Å². The van der Waals surface area contributed by atoms with Crippen molar-refractivity contribution in [2.75, 3.05) is 12.4 Å². The number of esters is 1. The van der Waals surface area contributed by atoms with Crippen LogP contribution in [0.4, 0.5) is 10.5 Å². The quantitative estimate of drug-likeness (QED) is 0.116. The Morgan fingerprint density at radius 1 is 1.00 bits per heavy atom. The van der Waals surface area contributed by atoms with E-state index in [1.165, 1.54) is 12.8 Å². The minimum Gasteiger partial charge on any atom is -0.460 e.